The van der Waals surface area contributed by atoms with Gasteiger partial charge < -0.3 is 15.2 Å². The number of pyridine rings is 3. The predicted molar refractivity (Wildman–Crippen MR) is 119 cm³/mol. The van der Waals surface area contributed by atoms with E-state index in [0.29, 0.717) is 12.2 Å². The molecule has 0 saturated heterocycles. The molecule has 0 atom stereocenters. The van der Waals surface area contributed by atoms with E-state index >= 15 is 0 Å². The maximum atomic E-state index is 12.1. The minimum absolute atomic E-state index is 0.0993. The lowest BCUT2D eigenvalue weighted by atomic mass is 10.1. The number of H-pyrrole nitrogens is 2. The molecule has 3 N–H and O–H groups in total. The fourth-order valence-electron chi connectivity index (χ4n) is 3.52. The number of fused-ring (bicyclic) bond motifs is 2. The van der Waals surface area contributed by atoms with Crippen molar-refractivity contribution in [2.24, 2.45) is 0 Å². The second kappa shape index (κ2) is 7.62. The van der Waals surface area contributed by atoms with E-state index in [-0.39, 0.29) is 5.91 Å². The number of likely N-dealkylation sites (N-methyl/N-ethyl adjacent to an activating group) is 1. The third-order valence-electron chi connectivity index (χ3n) is 4.90. The van der Waals surface area contributed by atoms with Crippen molar-refractivity contribution in [1.29, 1.82) is 0 Å². The maximum Gasteiger partial charge on any atom is 0.238 e. The third kappa shape index (κ3) is 3.74. The standard InChI is InChI=1S/C22H20N8O/c1-30(2)12-21(31)26-15-5-13(9-24-10-15)18-7-16-20(11-25-18)28-29-22(16)19-6-14-8-23-4-3-17(14)27-19/h3-11,27H,12H2,1-2H3,(H,26,31)(H,28,29). The summed E-state index contributed by atoms with van der Waals surface area (Å²) >= 11 is 0. The molecule has 0 aliphatic rings. The first-order chi connectivity index (χ1) is 15.1. The Balaban J connectivity index is 1.51. The zero-order valence-electron chi connectivity index (χ0n) is 17.0. The summed E-state index contributed by atoms with van der Waals surface area (Å²) in [6.07, 6.45) is 8.67. The van der Waals surface area contributed by atoms with Crippen molar-refractivity contribution < 1.29 is 4.79 Å². The Morgan fingerprint density at radius 3 is 2.81 bits per heavy atom. The molecule has 154 valence electrons. The highest BCUT2D eigenvalue weighted by Crippen LogP contribution is 2.30. The van der Waals surface area contributed by atoms with Gasteiger partial charge in [-0.2, -0.15) is 5.10 Å². The molecular formula is C22H20N8O. The molecule has 0 fully saturated rings. The lowest BCUT2D eigenvalue weighted by Crippen LogP contribution is -2.27. The van der Waals surface area contributed by atoms with Crippen LogP contribution in [0, 0.1) is 0 Å². The molecule has 0 aromatic carbocycles. The Kier molecular flexibility index (Phi) is 4.64. The molecule has 9 nitrogen and oxygen atoms in total. The van der Waals surface area contributed by atoms with Gasteiger partial charge in [-0.05, 0) is 38.4 Å². The molecule has 5 aromatic heterocycles. The number of rotatable bonds is 5. The summed E-state index contributed by atoms with van der Waals surface area (Å²) in [5.74, 6) is -0.0993. The van der Waals surface area contributed by atoms with E-state index in [0.717, 1.165) is 44.5 Å². The van der Waals surface area contributed by atoms with E-state index in [1.165, 1.54) is 0 Å². The van der Waals surface area contributed by atoms with Gasteiger partial charge in [0.25, 0.3) is 0 Å². The molecule has 0 radical (unpaired) electrons. The molecule has 0 unspecified atom stereocenters. The van der Waals surface area contributed by atoms with Crippen molar-refractivity contribution >= 4 is 33.4 Å². The summed E-state index contributed by atoms with van der Waals surface area (Å²) in [5.41, 5.74) is 5.70. The van der Waals surface area contributed by atoms with E-state index in [9.17, 15) is 4.79 Å². The molecule has 0 spiro atoms. The van der Waals surface area contributed by atoms with Gasteiger partial charge in [0.05, 0.1) is 41.5 Å². The van der Waals surface area contributed by atoms with Crippen molar-refractivity contribution in [1.82, 2.24) is 35.0 Å². The number of aromatic amines is 2. The van der Waals surface area contributed by atoms with Crippen molar-refractivity contribution in [2.45, 2.75) is 0 Å². The highest BCUT2D eigenvalue weighted by molar-refractivity contribution is 5.97. The second-order valence-electron chi connectivity index (χ2n) is 7.58. The predicted octanol–water partition coefficient (Wildman–Crippen LogP) is 3.06. The lowest BCUT2D eigenvalue weighted by Gasteiger charge is -2.10. The average Bonchev–Trinajstić information content (AvgIpc) is 3.36. The topological polar surface area (TPSA) is 115 Å². The fraction of sp³-hybridized carbons (Fsp3) is 0.136. The summed E-state index contributed by atoms with van der Waals surface area (Å²) in [4.78, 5) is 30.2. The first-order valence-electron chi connectivity index (χ1n) is 9.74. The van der Waals surface area contributed by atoms with Crippen molar-refractivity contribution in [3.63, 3.8) is 0 Å². The van der Waals surface area contributed by atoms with E-state index < -0.39 is 0 Å². The SMILES string of the molecule is CN(C)CC(=O)Nc1cncc(-c2cc3c(-c4cc5cnccc5[nH]4)n[nH]c3cn2)c1. The highest BCUT2D eigenvalue weighted by atomic mass is 16.2. The van der Waals surface area contributed by atoms with Crippen LogP contribution in [-0.2, 0) is 4.79 Å². The fourth-order valence-corrected chi connectivity index (χ4v) is 3.52. The number of nitrogens with zero attached hydrogens (tertiary/aromatic N) is 5. The van der Waals surface area contributed by atoms with Crippen LogP contribution in [0.25, 0.3) is 44.5 Å². The molecule has 5 aromatic rings. The van der Waals surface area contributed by atoms with Gasteiger partial charge >= 0.3 is 0 Å². The number of carbonyl (C=O) groups is 1. The first kappa shape index (κ1) is 18.9. The first-order valence-corrected chi connectivity index (χ1v) is 9.74. The molecule has 1 amide bonds. The molecule has 31 heavy (non-hydrogen) atoms. The second-order valence-corrected chi connectivity index (χ2v) is 7.58. The van der Waals surface area contributed by atoms with Gasteiger partial charge in [0.1, 0.15) is 5.69 Å². The van der Waals surface area contributed by atoms with Crippen LogP contribution in [0.5, 0.6) is 0 Å². The van der Waals surface area contributed by atoms with Crippen LogP contribution in [0.3, 0.4) is 0 Å². The summed E-state index contributed by atoms with van der Waals surface area (Å²) in [5, 5.41) is 12.4. The van der Waals surface area contributed by atoms with Gasteiger partial charge in [0.2, 0.25) is 5.91 Å². The largest absolute Gasteiger partial charge is 0.353 e. The molecule has 0 aliphatic carbocycles. The zero-order valence-corrected chi connectivity index (χ0v) is 17.0. The van der Waals surface area contributed by atoms with Gasteiger partial charge in [-0.3, -0.25) is 24.8 Å². The Labute approximate surface area is 177 Å². The van der Waals surface area contributed by atoms with E-state index in [1.54, 1.807) is 24.8 Å². The number of hydrogen-bond donors (Lipinski definition) is 3. The zero-order chi connectivity index (χ0) is 21.4. The Bertz CT molecular complexity index is 1370. The van der Waals surface area contributed by atoms with Crippen LogP contribution in [0.15, 0.2) is 55.2 Å². The van der Waals surface area contributed by atoms with Crippen LogP contribution in [0.2, 0.25) is 0 Å². The van der Waals surface area contributed by atoms with Crippen molar-refractivity contribution in [2.75, 3.05) is 26.0 Å². The molecule has 5 heterocycles. The van der Waals surface area contributed by atoms with Gasteiger partial charge in [-0.15, -0.1) is 0 Å². The molecule has 0 saturated carbocycles. The average molecular weight is 412 g/mol. The van der Waals surface area contributed by atoms with Gasteiger partial charge in [0.15, 0.2) is 0 Å². The monoisotopic (exact) mass is 412 g/mol. The number of amides is 1. The summed E-state index contributed by atoms with van der Waals surface area (Å²) in [6, 6.07) is 7.80. The van der Waals surface area contributed by atoms with Gasteiger partial charge in [0, 0.05) is 40.4 Å². The number of anilines is 1. The molecule has 9 heteroatoms. The van der Waals surface area contributed by atoms with Crippen molar-refractivity contribution in [3.8, 4) is 22.6 Å². The molecular weight excluding hydrogens is 392 g/mol. The molecule has 0 bridgehead atoms. The van der Waals surface area contributed by atoms with Gasteiger partial charge in [-0.25, -0.2) is 0 Å². The van der Waals surface area contributed by atoms with E-state index in [1.807, 2.05) is 49.5 Å². The van der Waals surface area contributed by atoms with Crippen molar-refractivity contribution in [3.05, 3.63) is 55.2 Å². The van der Waals surface area contributed by atoms with Crippen LogP contribution >= 0.6 is 0 Å². The minimum Gasteiger partial charge on any atom is -0.353 e. The summed E-state index contributed by atoms with van der Waals surface area (Å²) in [7, 11) is 3.69. The highest BCUT2D eigenvalue weighted by Gasteiger charge is 2.13. The van der Waals surface area contributed by atoms with Crippen LogP contribution < -0.4 is 5.32 Å². The Morgan fingerprint density at radius 1 is 1.06 bits per heavy atom. The molecule has 0 aliphatic heterocycles. The molecule has 5 rings (SSSR count). The minimum atomic E-state index is -0.0993. The number of nitrogens with one attached hydrogen (secondary N) is 3. The van der Waals surface area contributed by atoms with E-state index in [2.05, 4.69) is 35.5 Å². The summed E-state index contributed by atoms with van der Waals surface area (Å²) in [6.45, 7) is 0.298. The lowest BCUT2D eigenvalue weighted by molar-refractivity contribution is -0.116. The number of carbonyl (C=O) groups excluding carboxylic acids is 1. The van der Waals surface area contributed by atoms with Crippen LogP contribution in [-0.4, -0.2) is 61.6 Å². The number of hydrogen-bond acceptors (Lipinski definition) is 6. The Hall–Kier alpha value is -4.11. The van der Waals surface area contributed by atoms with Crippen LogP contribution in [0.4, 0.5) is 5.69 Å². The maximum absolute atomic E-state index is 12.1. The third-order valence-corrected chi connectivity index (χ3v) is 4.90. The number of aromatic nitrogens is 6. The van der Waals surface area contributed by atoms with Crippen LogP contribution in [0.1, 0.15) is 0 Å². The smallest absolute Gasteiger partial charge is 0.238 e. The quantitative estimate of drug-likeness (QED) is 0.409. The Morgan fingerprint density at radius 2 is 1.97 bits per heavy atom. The van der Waals surface area contributed by atoms with E-state index in [4.69, 9.17) is 0 Å². The van der Waals surface area contributed by atoms with Gasteiger partial charge in [-0.1, -0.05) is 0 Å². The normalized spacial score (nSPS) is 11.5. The summed E-state index contributed by atoms with van der Waals surface area (Å²) < 4.78 is 0.